The molecule has 0 fully saturated rings. The Kier molecular flexibility index (Phi) is 3.31. The van der Waals surface area contributed by atoms with Crippen molar-refractivity contribution in [3.05, 3.63) is 12.1 Å². The van der Waals surface area contributed by atoms with Crippen LogP contribution in [0.25, 0.3) is 0 Å². The minimum absolute atomic E-state index is 0.0872. The number of nitrogen functional groups attached to an aromatic ring is 2. The van der Waals surface area contributed by atoms with Gasteiger partial charge in [-0.05, 0) is 12.1 Å². The molecule has 0 unspecified atom stereocenters. The first-order chi connectivity index (χ1) is 7.19. The Morgan fingerprint density at radius 1 is 1.20 bits per heavy atom. The second-order valence-corrected chi connectivity index (χ2v) is 2.82. The lowest BCUT2D eigenvalue weighted by molar-refractivity contribution is 0.938. The van der Waals surface area contributed by atoms with Crippen LogP contribution in [0.3, 0.4) is 0 Å². The summed E-state index contributed by atoms with van der Waals surface area (Å²) in [7, 11) is 0. The van der Waals surface area contributed by atoms with Crippen LogP contribution in [0.2, 0.25) is 0 Å². The molecule has 0 spiro atoms. The van der Waals surface area contributed by atoms with Crippen molar-refractivity contribution in [3.8, 4) is 12.1 Å². The molecule has 0 radical (unpaired) electrons. The van der Waals surface area contributed by atoms with Gasteiger partial charge in [0.25, 0.3) is 0 Å². The molecule has 0 saturated carbocycles. The first kappa shape index (κ1) is 10.6. The lowest BCUT2D eigenvalue weighted by atomic mass is 10.3. The van der Waals surface area contributed by atoms with Crippen molar-refractivity contribution >= 4 is 17.3 Å². The summed E-state index contributed by atoms with van der Waals surface area (Å²) in [5.74, 6) is 0.679. The highest BCUT2D eigenvalue weighted by atomic mass is 15.2. The van der Waals surface area contributed by atoms with Crippen LogP contribution >= 0.6 is 0 Å². The van der Waals surface area contributed by atoms with E-state index in [0.29, 0.717) is 11.5 Å². The number of aromatic nitrogens is 1. The van der Waals surface area contributed by atoms with Gasteiger partial charge >= 0.3 is 0 Å². The second-order valence-electron chi connectivity index (χ2n) is 2.82. The molecular weight excluding hydrogens is 192 g/mol. The Balaban J connectivity index is 2.97. The van der Waals surface area contributed by atoms with Gasteiger partial charge in [-0.25, -0.2) is 4.98 Å². The highest BCUT2D eigenvalue weighted by molar-refractivity contribution is 5.62. The van der Waals surface area contributed by atoms with Crippen molar-refractivity contribution < 1.29 is 0 Å². The van der Waals surface area contributed by atoms with Crippen molar-refractivity contribution in [3.63, 3.8) is 0 Å². The molecule has 0 aliphatic rings. The van der Waals surface area contributed by atoms with Crippen molar-refractivity contribution in [1.29, 1.82) is 10.5 Å². The molecular formula is C9H10N6. The number of nitriles is 2. The number of nitrogens with zero attached hydrogens (tertiary/aromatic N) is 4. The number of nitrogens with two attached hydrogens (primary N) is 2. The molecule has 0 saturated heterocycles. The molecule has 0 aliphatic carbocycles. The van der Waals surface area contributed by atoms with E-state index in [1.807, 2.05) is 12.1 Å². The fourth-order valence-corrected chi connectivity index (χ4v) is 1.04. The molecule has 0 bridgehead atoms. The van der Waals surface area contributed by atoms with Gasteiger partial charge in [-0.1, -0.05) is 0 Å². The third-order valence-electron chi connectivity index (χ3n) is 1.79. The van der Waals surface area contributed by atoms with Gasteiger partial charge in [0.05, 0.1) is 17.8 Å². The predicted octanol–water partition coefficient (Wildman–Crippen LogP) is 0.0996. The molecule has 1 aromatic heterocycles. The fourth-order valence-electron chi connectivity index (χ4n) is 1.04. The first-order valence-electron chi connectivity index (χ1n) is 4.20. The van der Waals surface area contributed by atoms with Crippen molar-refractivity contribution in [2.75, 3.05) is 29.5 Å². The predicted molar refractivity (Wildman–Crippen MR) is 56.5 cm³/mol. The Hall–Kier alpha value is -2.47. The Morgan fingerprint density at radius 3 is 2.27 bits per heavy atom. The molecule has 6 heteroatoms. The zero-order valence-electron chi connectivity index (χ0n) is 8.01. The lowest BCUT2D eigenvalue weighted by Crippen LogP contribution is -2.25. The minimum atomic E-state index is 0.0872. The zero-order chi connectivity index (χ0) is 11.3. The van der Waals surface area contributed by atoms with E-state index in [1.165, 1.54) is 4.90 Å². The molecule has 76 valence electrons. The van der Waals surface area contributed by atoms with E-state index in [4.69, 9.17) is 22.0 Å². The molecule has 1 aromatic rings. The van der Waals surface area contributed by atoms with E-state index < -0.39 is 0 Å². The van der Waals surface area contributed by atoms with Gasteiger partial charge in [-0.15, -0.1) is 0 Å². The van der Waals surface area contributed by atoms with E-state index in [9.17, 15) is 0 Å². The molecule has 1 heterocycles. The van der Waals surface area contributed by atoms with Gasteiger partial charge in [0.15, 0.2) is 0 Å². The van der Waals surface area contributed by atoms with E-state index in [1.54, 1.807) is 12.1 Å². The van der Waals surface area contributed by atoms with E-state index in [0.717, 1.165) is 0 Å². The van der Waals surface area contributed by atoms with Crippen molar-refractivity contribution in [2.45, 2.75) is 0 Å². The lowest BCUT2D eigenvalue weighted by Gasteiger charge is -2.17. The maximum Gasteiger partial charge on any atom is 0.149 e. The molecule has 1 rings (SSSR count). The smallest absolute Gasteiger partial charge is 0.149 e. The maximum atomic E-state index is 8.56. The molecule has 0 atom stereocenters. The van der Waals surface area contributed by atoms with Crippen LogP contribution in [-0.4, -0.2) is 18.1 Å². The van der Waals surface area contributed by atoms with Gasteiger partial charge < -0.3 is 16.4 Å². The normalized spacial score (nSPS) is 8.93. The summed E-state index contributed by atoms with van der Waals surface area (Å²) in [4.78, 5) is 5.50. The molecule has 15 heavy (non-hydrogen) atoms. The molecule has 0 amide bonds. The molecule has 0 aliphatic heterocycles. The summed E-state index contributed by atoms with van der Waals surface area (Å²) in [6, 6.07) is 7.12. The van der Waals surface area contributed by atoms with E-state index in [-0.39, 0.29) is 18.9 Å². The second kappa shape index (κ2) is 4.68. The van der Waals surface area contributed by atoms with Crippen LogP contribution in [0, 0.1) is 22.7 Å². The quantitative estimate of drug-likeness (QED) is 0.671. The van der Waals surface area contributed by atoms with E-state index >= 15 is 0 Å². The Labute approximate surface area is 87.3 Å². The van der Waals surface area contributed by atoms with Crippen LogP contribution in [0.4, 0.5) is 17.3 Å². The number of hydrogen-bond acceptors (Lipinski definition) is 6. The fraction of sp³-hybridized carbons (Fsp3) is 0.222. The standard InChI is InChI=1S/C9H10N6/c10-3-5-15(6-4-11)8-2-1-7(12)9(13)14-8/h1-2H,5-6,12H2,(H2,13,14). The number of anilines is 3. The van der Waals surface area contributed by atoms with Crippen LogP contribution < -0.4 is 16.4 Å². The SMILES string of the molecule is N#CCN(CC#N)c1ccc(N)c(N)n1. The third-order valence-corrected chi connectivity index (χ3v) is 1.79. The highest BCUT2D eigenvalue weighted by Crippen LogP contribution is 2.17. The summed E-state index contributed by atoms with van der Waals surface area (Å²) in [5, 5.41) is 17.1. The number of rotatable bonds is 3. The van der Waals surface area contributed by atoms with Gasteiger partial charge in [0.2, 0.25) is 0 Å². The van der Waals surface area contributed by atoms with Crippen molar-refractivity contribution in [2.24, 2.45) is 0 Å². The summed E-state index contributed by atoms with van der Waals surface area (Å²) >= 11 is 0. The van der Waals surface area contributed by atoms with Crippen LogP contribution in [-0.2, 0) is 0 Å². The number of pyridine rings is 1. The summed E-state index contributed by atoms with van der Waals surface area (Å²) < 4.78 is 0. The topological polar surface area (TPSA) is 116 Å². The van der Waals surface area contributed by atoms with E-state index in [2.05, 4.69) is 4.98 Å². The third kappa shape index (κ3) is 2.48. The summed E-state index contributed by atoms with van der Waals surface area (Å²) in [5.41, 5.74) is 11.4. The average Bonchev–Trinajstić information content (AvgIpc) is 2.22. The monoisotopic (exact) mass is 202 g/mol. The van der Waals surface area contributed by atoms with Crippen molar-refractivity contribution in [1.82, 2.24) is 4.98 Å². The molecule has 4 N–H and O–H groups in total. The van der Waals surface area contributed by atoms with Crippen LogP contribution in [0.15, 0.2) is 12.1 Å². The number of hydrogen-bond donors (Lipinski definition) is 2. The van der Waals surface area contributed by atoms with Crippen LogP contribution in [0.1, 0.15) is 0 Å². The summed E-state index contributed by atoms with van der Waals surface area (Å²) in [6.07, 6.45) is 0. The first-order valence-corrected chi connectivity index (χ1v) is 4.20. The zero-order valence-corrected chi connectivity index (χ0v) is 8.01. The van der Waals surface area contributed by atoms with Gasteiger partial charge in [-0.2, -0.15) is 10.5 Å². The van der Waals surface area contributed by atoms with Gasteiger partial charge in [0.1, 0.15) is 24.7 Å². The highest BCUT2D eigenvalue weighted by Gasteiger charge is 2.08. The van der Waals surface area contributed by atoms with Gasteiger partial charge in [0, 0.05) is 0 Å². The largest absolute Gasteiger partial charge is 0.396 e. The Morgan fingerprint density at radius 2 is 1.80 bits per heavy atom. The Bertz CT molecular complexity index is 411. The van der Waals surface area contributed by atoms with Crippen LogP contribution in [0.5, 0.6) is 0 Å². The average molecular weight is 202 g/mol. The molecule has 6 nitrogen and oxygen atoms in total. The summed E-state index contributed by atoms with van der Waals surface area (Å²) in [6.45, 7) is 0.174. The maximum absolute atomic E-state index is 8.56. The minimum Gasteiger partial charge on any atom is -0.396 e. The molecule has 0 aromatic carbocycles. The van der Waals surface area contributed by atoms with Gasteiger partial charge in [-0.3, -0.25) is 0 Å².